The number of nitrogen functional groups attached to an aromatic ring is 1. The Morgan fingerprint density at radius 1 is 1.53 bits per heavy atom. The largest absolute Gasteiger partial charge is 0.478 e. The van der Waals surface area contributed by atoms with Gasteiger partial charge in [-0.2, -0.15) is 0 Å². The van der Waals surface area contributed by atoms with Crippen LogP contribution < -0.4 is 10.6 Å². The predicted octanol–water partition coefficient (Wildman–Crippen LogP) is 0.395. The lowest BCUT2D eigenvalue weighted by molar-refractivity contribution is 0.0697. The molecule has 0 aliphatic carbocycles. The molecule has 1 aromatic carbocycles. The lowest BCUT2D eigenvalue weighted by Crippen LogP contribution is -2.22. The standard InChI is InChI=1S/C10H14N2O3/c1-12(4-5-13)9-6-7(10(14)15)2-3-8(9)11/h2-3,6,13H,4-5,11H2,1H3,(H,14,15). The fourth-order valence-corrected chi connectivity index (χ4v) is 1.28. The predicted molar refractivity (Wildman–Crippen MR) is 58.2 cm³/mol. The zero-order chi connectivity index (χ0) is 11.4. The summed E-state index contributed by atoms with van der Waals surface area (Å²) in [6.45, 7) is 0.403. The van der Waals surface area contributed by atoms with Crippen LogP contribution in [0.5, 0.6) is 0 Å². The van der Waals surface area contributed by atoms with Gasteiger partial charge in [-0.3, -0.25) is 0 Å². The fraction of sp³-hybridized carbons (Fsp3) is 0.300. The normalized spacial score (nSPS) is 10.0. The van der Waals surface area contributed by atoms with Crippen LogP contribution in [0.15, 0.2) is 18.2 Å². The van der Waals surface area contributed by atoms with Crippen LogP contribution in [0.3, 0.4) is 0 Å². The summed E-state index contributed by atoms with van der Waals surface area (Å²) in [6, 6.07) is 4.49. The summed E-state index contributed by atoms with van der Waals surface area (Å²) in [4.78, 5) is 12.4. The summed E-state index contributed by atoms with van der Waals surface area (Å²) < 4.78 is 0. The fourth-order valence-electron chi connectivity index (χ4n) is 1.28. The molecule has 0 fully saturated rings. The van der Waals surface area contributed by atoms with Gasteiger partial charge < -0.3 is 20.8 Å². The Morgan fingerprint density at radius 3 is 2.73 bits per heavy atom. The number of carbonyl (C=O) groups is 1. The molecule has 0 atom stereocenters. The van der Waals surface area contributed by atoms with Crippen molar-refractivity contribution in [1.29, 1.82) is 0 Å². The van der Waals surface area contributed by atoms with Crippen LogP contribution in [0.25, 0.3) is 0 Å². The van der Waals surface area contributed by atoms with E-state index in [-0.39, 0.29) is 12.2 Å². The maximum atomic E-state index is 10.7. The Labute approximate surface area is 87.7 Å². The Bertz CT molecular complexity index is 366. The molecule has 0 unspecified atom stereocenters. The Balaban J connectivity index is 3.04. The number of aliphatic hydroxyl groups excluding tert-OH is 1. The Morgan fingerprint density at radius 2 is 2.20 bits per heavy atom. The van der Waals surface area contributed by atoms with Gasteiger partial charge in [-0.05, 0) is 18.2 Å². The molecule has 0 radical (unpaired) electrons. The minimum Gasteiger partial charge on any atom is -0.478 e. The molecule has 15 heavy (non-hydrogen) atoms. The van der Waals surface area contributed by atoms with Gasteiger partial charge in [0.05, 0.1) is 23.5 Å². The number of carboxylic acid groups (broad SMARTS) is 1. The molecule has 0 saturated carbocycles. The van der Waals surface area contributed by atoms with Gasteiger partial charge in [0.2, 0.25) is 0 Å². The van der Waals surface area contributed by atoms with Crippen LogP contribution in [-0.4, -0.2) is 36.4 Å². The maximum Gasteiger partial charge on any atom is 0.335 e. The van der Waals surface area contributed by atoms with Crippen LogP contribution in [0, 0.1) is 0 Å². The molecule has 4 N–H and O–H groups in total. The molecule has 0 aliphatic heterocycles. The highest BCUT2D eigenvalue weighted by Crippen LogP contribution is 2.23. The van der Waals surface area contributed by atoms with Crippen molar-refractivity contribution < 1.29 is 15.0 Å². The highest BCUT2D eigenvalue weighted by molar-refractivity contribution is 5.90. The topological polar surface area (TPSA) is 86.8 Å². The number of likely N-dealkylation sites (N-methyl/N-ethyl adjacent to an activating group) is 1. The number of carboxylic acids is 1. The average molecular weight is 210 g/mol. The summed E-state index contributed by atoms with van der Waals surface area (Å²) in [5, 5.41) is 17.6. The molecule has 0 amide bonds. The molecule has 0 bridgehead atoms. The molecular weight excluding hydrogens is 196 g/mol. The Hall–Kier alpha value is -1.75. The van der Waals surface area contributed by atoms with E-state index in [1.807, 2.05) is 0 Å². The summed E-state index contributed by atoms with van der Waals surface area (Å²) in [5.74, 6) is -0.992. The average Bonchev–Trinajstić information content (AvgIpc) is 2.18. The highest BCUT2D eigenvalue weighted by atomic mass is 16.4. The lowest BCUT2D eigenvalue weighted by Gasteiger charge is -2.20. The zero-order valence-electron chi connectivity index (χ0n) is 8.47. The van der Waals surface area contributed by atoms with Crippen LogP contribution >= 0.6 is 0 Å². The second-order valence-electron chi connectivity index (χ2n) is 3.22. The number of rotatable bonds is 4. The van der Waals surface area contributed by atoms with E-state index in [1.54, 1.807) is 18.0 Å². The molecule has 5 nitrogen and oxygen atoms in total. The summed E-state index contributed by atoms with van der Waals surface area (Å²) in [7, 11) is 1.74. The van der Waals surface area contributed by atoms with Crippen LogP contribution in [0.2, 0.25) is 0 Å². The van der Waals surface area contributed by atoms with Gasteiger partial charge in [0.25, 0.3) is 0 Å². The van der Waals surface area contributed by atoms with Gasteiger partial charge in [0.15, 0.2) is 0 Å². The SMILES string of the molecule is CN(CCO)c1cc(C(=O)O)ccc1N. The van der Waals surface area contributed by atoms with Crippen molar-refractivity contribution in [2.75, 3.05) is 30.8 Å². The second kappa shape index (κ2) is 4.65. The first-order chi connectivity index (χ1) is 7.06. The molecule has 0 spiro atoms. The maximum absolute atomic E-state index is 10.7. The number of nitrogens with two attached hydrogens (primary N) is 1. The van der Waals surface area contributed by atoms with Crippen molar-refractivity contribution in [1.82, 2.24) is 0 Å². The number of nitrogens with zero attached hydrogens (tertiary/aromatic N) is 1. The first-order valence-electron chi connectivity index (χ1n) is 4.51. The van der Waals surface area contributed by atoms with Crippen molar-refractivity contribution in [2.45, 2.75) is 0 Å². The van der Waals surface area contributed by atoms with E-state index in [4.69, 9.17) is 15.9 Å². The van der Waals surface area contributed by atoms with Crippen molar-refractivity contribution in [3.63, 3.8) is 0 Å². The number of aromatic carboxylic acids is 1. The van der Waals surface area contributed by atoms with Crippen molar-refractivity contribution in [3.8, 4) is 0 Å². The van der Waals surface area contributed by atoms with Crippen LogP contribution in [0.1, 0.15) is 10.4 Å². The molecule has 0 saturated heterocycles. The third-order valence-corrected chi connectivity index (χ3v) is 2.12. The molecular formula is C10H14N2O3. The minimum atomic E-state index is -0.992. The minimum absolute atomic E-state index is 0.00671. The highest BCUT2D eigenvalue weighted by Gasteiger charge is 2.09. The zero-order valence-corrected chi connectivity index (χ0v) is 8.47. The van der Waals surface area contributed by atoms with Gasteiger partial charge in [-0.25, -0.2) is 4.79 Å². The molecule has 0 heterocycles. The third kappa shape index (κ3) is 2.60. The van der Waals surface area contributed by atoms with E-state index in [0.717, 1.165) is 0 Å². The quantitative estimate of drug-likeness (QED) is 0.626. The molecule has 0 aliphatic rings. The lowest BCUT2D eigenvalue weighted by atomic mass is 10.1. The molecule has 0 aromatic heterocycles. The molecule has 82 valence electrons. The van der Waals surface area contributed by atoms with E-state index in [0.29, 0.717) is 17.9 Å². The smallest absolute Gasteiger partial charge is 0.335 e. The van der Waals surface area contributed by atoms with Gasteiger partial charge in [-0.15, -0.1) is 0 Å². The number of anilines is 2. The number of hydrogen-bond acceptors (Lipinski definition) is 4. The van der Waals surface area contributed by atoms with Gasteiger partial charge >= 0.3 is 5.97 Å². The first kappa shape index (κ1) is 11.3. The van der Waals surface area contributed by atoms with Gasteiger partial charge in [-0.1, -0.05) is 0 Å². The summed E-state index contributed by atoms with van der Waals surface area (Å²) in [6.07, 6.45) is 0. The number of hydrogen-bond donors (Lipinski definition) is 3. The monoisotopic (exact) mass is 210 g/mol. The van der Waals surface area contributed by atoms with E-state index >= 15 is 0 Å². The summed E-state index contributed by atoms with van der Waals surface area (Å²) >= 11 is 0. The molecule has 5 heteroatoms. The van der Waals surface area contributed by atoms with Crippen LogP contribution in [0.4, 0.5) is 11.4 Å². The Kier molecular flexibility index (Phi) is 3.51. The van der Waals surface area contributed by atoms with Crippen molar-refractivity contribution >= 4 is 17.3 Å². The van der Waals surface area contributed by atoms with Crippen molar-refractivity contribution in [3.05, 3.63) is 23.8 Å². The van der Waals surface area contributed by atoms with E-state index < -0.39 is 5.97 Å². The van der Waals surface area contributed by atoms with Gasteiger partial charge in [0.1, 0.15) is 0 Å². The van der Waals surface area contributed by atoms with Crippen molar-refractivity contribution in [2.24, 2.45) is 0 Å². The van der Waals surface area contributed by atoms with Crippen LogP contribution in [-0.2, 0) is 0 Å². The first-order valence-corrected chi connectivity index (χ1v) is 4.51. The van der Waals surface area contributed by atoms with E-state index in [9.17, 15) is 4.79 Å². The summed E-state index contributed by atoms with van der Waals surface area (Å²) in [5.41, 5.74) is 7.00. The third-order valence-electron chi connectivity index (χ3n) is 2.12. The number of benzene rings is 1. The molecule has 1 aromatic rings. The van der Waals surface area contributed by atoms with E-state index in [2.05, 4.69) is 0 Å². The molecule has 1 rings (SSSR count). The van der Waals surface area contributed by atoms with Gasteiger partial charge in [0, 0.05) is 13.6 Å². The van der Waals surface area contributed by atoms with E-state index in [1.165, 1.54) is 12.1 Å². The second-order valence-corrected chi connectivity index (χ2v) is 3.22. The number of aliphatic hydroxyl groups is 1.